The van der Waals surface area contributed by atoms with E-state index in [1.807, 2.05) is 36.4 Å². The number of aromatic amines is 1. The fourth-order valence-corrected chi connectivity index (χ4v) is 4.68. The van der Waals surface area contributed by atoms with E-state index in [1.54, 1.807) is 23.9 Å². The van der Waals surface area contributed by atoms with E-state index in [0.717, 1.165) is 29.6 Å². The quantitative estimate of drug-likeness (QED) is 0.126. The molecule has 2 amide bonds. The molecule has 39 heavy (non-hydrogen) atoms. The highest BCUT2D eigenvalue weighted by molar-refractivity contribution is 5.84. The summed E-state index contributed by atoms with van der Waals surface area (Å²) in [5, 5.41) is 12.8. The summed E-state index contributed by atoms with van der Waals surface area (Å²) in [4.78, 5) is 29.5. The number of furan rings is 1. The molecule has 9 nitrogen and oxygen atoms in total. The van der Waals surface area contributed by atoms with Crippen LogP contribution in [0.3, 0.4) is 0 Å². The number of benzene rings is 2. The van der Waals surface area contributed by atoms with Crippen LogP contribution >= 0.6 is 0 Å². The fourth-order valence-electron chi connectivity index (χ4n) is 4.68. The summed E-state index contributed by atoms with van der Waals surface area (Å²) in [5.74, 6) is 5.21. The highest BCUT2D eigenvalue weighted by atomic mass is 16.5. The molecule has 0 fully saturated rings. The van der Waals surface area contributed by atoms with E-state index in [2.05, 4.69) is 45.4 Å². The van der Waals surface area contributed by atoms with Gasteiger partial charge in [0.15, 0.2) is 0 Å². The Kier molecular flexibility index (Phi) is 8.26. The van der Waals surface area contributed by atoms with Crippen molar-refractivity contribution in [3.63, 3.8) is 0 Å². The van der Waals surface area contributed by atoms with Gasteiger partial charge in [0.25, 0.3) is 5.91 Å². The second-order valence-electron chi connectivity index (χ2n) is 9.42. The topological polar surface area (TPSA) is 120 Å². The standard InChI is InChI=1S/C30H30N4O5/c35-29(33-37)27-12-11-25(27)22-9-7-21(8-10-22)20-34(14-13-23-18-31-28-6-2-1-5-26(23)28)15-17-39-30(36)32-19-24-4-3-16-38-24/h1-10,16,18,25,27,31,37H,13-15,17,19-20H2,(H,32,36)(H,33,35). The lowest BCUT2D eigenvalue weighted by molar-refractivity contribution is -0.132. The number of nitrogens with one attached hydrogen (secondary N) is 3. The van der Waals surface area contributed by atoms with Gasteiger partial charge in [-0.3, -0.25) is 14.9 Å². The summed E-state index contributed by atoms with van der Waals surface area (Å²) in [6.45, 7) is 2.51. The maximum absolute atomic E-state index is 12.1. The largest absolute Gasteiger partial charge is 0.467 e. The molecule has 4 N–H and O–H groups in total. The highest BCUT2D eigenvalue weighted by Crippen LogP contribution is 2.30. The first kappa shape index (κ1) is 26.1. The second-order valence-corrected chi connectivity index (χ2v) is 9.42. The van der Waals surface area contributed by atoms with Crippen molar-refractivity contribution in [3.05, 3.63) is 95.6 Å². The maximum Gasteiger partial charge on any atom is 0.407 e. The number of para-hydroxylation sites is 1. The summed E-state index contributed by atoms with van der Waals surface area (Å²) in [7, 11) is 0. The van der Waals surface area contributed by atoms with E-state index in [4.69, 9.17) is 14.4 Å². The molecular weight excluding hydrogens is 496 g/mol. The van der Waals surface area contributed by atoms with Crippen molar-refractivity contribution >= 4 is 22.9 Å². The van der Waals surface area contributed by atoms with Gasteiger partial charge < -0.3 is 19.5 Å². The van der Waals surface area contributed by atoms with Crippen molar-refractivity contribution in [2.75, 3.05) is 19.7 Å². The van der Waals surface area contributed by atoms with Gasteiger partial charge in [-0.25, -0.2) is 10.3 Å². The molecule has 0 saturated carbocycles. The molecule has 2 unspecified atom stereocenters. The van der Waals surface area contributed by atoms with Gasteiger partial charge >= 0.3 is 6.09 Å². The van der Waals surface area contributed by atoms with E-state index >= 15 is 0 Å². The molecule has 2 aromatic heterocycles. The number of fused-ring (bicyclic) bond motifs is 1. The number of nitrogens with zero attached hydrogens (tertiary/aromatic N) is 1. The first-order valence-electron chi connectivity index (χ1n) is 12.8. The molecule has 0 radical (unpaired) electrons. The first-order valence-corrected chi connectivity index (χ1v) is 12.8. The Balaban J connectivity index is 1.19. The van der Waals surface area contributed by atoms with Crippen molar-refractivity contribution in [2.45, 2.75) is 25.4 Å². The van der Waals surface area contributed by atoms with E-state index in [0.29, 0.717) is 18.8 Å². The van der Waals surface area contributed by atoms with Gasteiger partial charge in [0, 0.05) is 36.7 Å². The molecule has 200 valence electrons. The summed E-state index contributed by atoms with van der Waals surface area (Å²) < 4.78 is 10.6. The monoisotopic (exact) mass is 526 g/mol. The number of hydrogen-bond donors (Lipinski definition) is 4. The number of ether oxygens (including phenoxy) is 1. The maximum atomic E-state index is 12.1. The molecule has 4 aromatic rings. The minimum absolute atomic E-state index is 0.225. The second kappa shape index (κ2) is 12.3. The lowest BCUT2D eigenvalue weighted by atomic mass is 9.79. The van der Waals surface area contributed by atoms with Crippen molar-refractivity contribution < 1.29 is 24.0 Å². The number of carbonyl (C=O) groups is 2. The third-order valence-electron chi connectivity index (χ3n) is 6.87. The molecule has 1 aliphatic rings. The Morgan fingerprint density at radius 3 is 2.64 bits per heavy atom. The average molecular weight is 527 g/mol. The smallest absolute Gasteiger partial charge is 0.407 e. The van der Waals surface area contributed by atoms with Crippen LogP contribution in [0, 0.1) is 17.8 Å². The minimum atomic E-state index is -0.537. The van der Waals surface area contributed by atoms with E-state index in [9.17, 15) is 9.59 Å². The molecule has 0 bridgehead atoms. The van der Waals surface area contributed by atoms with Gasteiger partial charge in [0.2, 0.25) is 0 Å². The van der Waals surface area contributed by atoms with Crippen LogP contribution in [0.1, 0.15) is 28.4 Å². The van der Waals surface area contributed by atoms with Gasteiger partial charge in [0.1, 0.15) is 18.3 Å². The Morgan fingerprint density at radius 2 is 1.90 bits per heavy atom. The predicted molar refractivity (Wildman–Crippen MR) is 145 cm³/mol. The third-order valence-corrected chi connectivity index (χ3v) is 6.87. The SMILES string of the molecule is O=C(NCc1ccco1)OCCN(CCc1c[nH]c2ccccc12)Cc1ccc(C2C#CC2C(=O)NO)cc1. The Morgan fingerprint density at radius 1 is 1.05 bits per heavy atom. The molecule has 5 rings (SSSR count). The van der Waals surface area contributed by atoms with Gasteiger partial charge in [-0.05, 0) is 41.3 Å². The van der Waals surface area contributed by atoms with Gasteiger partial charge in [-0.1, -0.05) is 54.3 Å². The van der Waals surface area contributed by atoms with E-state index < -0.39 is 17.9 Å². The normalized spacial score (nSPS) is 15.8. The minimum Gasteiger partial charge on any atom is -0.467 e. The zero-order valence-corrected chi connectivity index (χ0v) is 21.4. The zero-order chi connectivity index (χ0) is 27.0. The van der Waals surface area contributed by atoms with Crippen LogP contribution in [0.5, 0.6) is 0 Å². The van der Waals surface area contributed by atoms with Gasteiger partial charge in [-0.15, -0.1) is 0 Å². The third kappa shape index (κ3) is 6.49. The molecule has 0 spiro atoms. The number of aromatic nitrogens is 1. The Bertz CT molecular complexity index is 1470. The van der Waals surface area contributed by atoms with Crippen LogP contribution < -0.4 is 10.8 Å². The number of alkyl carbamates (subject to hydrolysis) is 1. The van der Waals surface area contributed by atoms with Crippen molar-refractivity contribution in [2.24, 2.45) is 5.92 Å². The number of amides is 2. The van der Waals surface area contributed by atoms with Crippen molar-refractivity contribution in [1.82, 2.24) is 20.7 Å². The molecular formula is C30H30N4O5. The van der Waals surface area contributed by atoms with Crippen LogP contribution in [0.2, 0.25) is 0 Å². The zero-order valence-electron chi connectivity index (χ0n) is 21.4. The number of hydrogen-bond acceptors (Lipinski definition) is 6. The van der Waals surface area contributed by atoms with Crippen LogP contribution in [-0.2, 0) is 29.0 Å². The number of H-pyrrole nitrogens is 1. The summed E-state index contributed by atoms with van der Waals surface area (Å²) in [6, 6.07) is 19.8. The molecule has 0 saturated heterocycles. The molecule has 9 heteroatoms. The predicted octanol–water partition coefficient (Wildman–Crippen LogP) is 3.95. The number of hydroxylamine groups is 1. The van der Waals surface area contributed by atoms with Crippen LogP contribution in [-0.4, -0.2) is 46.8 Å². The molecule has 1 aliphatic carbocycles. The van der Waals surface area contributed by atoms with Crippen LogP contribution in [0.4, 0.5) is 4.79 Å². The van der Waals surface area contributed by atoms with Gasteiger partial charge in [-0.2, -0.15) is 0 Å². The highest BCUT2D eigenvalue weighted by Gasteiger charge is 2.32. The van der Waals surface area contributed by atoms with E-state index in [-0.39, 0.29) is 19.1 Å². The average Bonchev–Trinajstić information content (AvgIpc) is 3.61. The first-order chi connectivity index (χ1) is 19.1. The molecule has 0 aliphatic heterocycles. The lowest BCUT2D eigenvalue weighted by Crippen LogP contribution is -2.34. The molecule has 2 heterocycles. The number of carbonyl (C=O) groups excluding carboxylic acids is 2. The Labute approximate surface area is 226 Å². The van der Waals surface area contributed by atoms with Crippen LogP contribution in [0.15, 0.2) is 77.5 Å². The Hall–Kier alpha value is -4.52. The lowest BCUT2D eigenvalue weighted by Gasteiger charge is -2.24. The van der Waals surface area contributed by atoms with E-state index in [1.165, 1.54) is 10.9 Å². The number of rotatable bonds is 12. The van der Waals surface area contributed by atoms with Crippen LogP contribution in [0.25, 0.3) is 10.9 Å². The summed E-state index contributed by atoms with van der Waals surface area (Å²) in [5.41, 5.74) is 6.06. The molecule has 2 atom stereocenters. The molecule has 2 aromatic carbocycles. The van der Waals surface area contributed by atoms with Gasteiger partial charge in [0.05, 0.1) is 18.7 Å². The summed E-state index contributed by atoms with van der Waals surface area (Å²) in [6.07, 6.45) is 3.96. The van der Waals surface area contributed by atoms with Crippen molar-refractivity contribution in [1.29, 1.82) is 0 Å². The van der Waals surface area contributed by atoms with Crippen molar-refractivity contribution in [3.8, 4) is 11.8 Å². The summed E-state index contributed by atoms with van der Waals surface area (Å²) >= 11 is 0. The fraction of sp³-hybridized carbons (Fsp3) is 0.267.